The number of benzene rings is 2. The van der Waals surface area contributed by atoms with Gasteiger partial charge in [0.25, 0.3) is 6.43 Å². The standard InChI is InChI=1S/C30H34F2N8O9S/c1-14-5-4-6-15(2)24(14)40-29(35-36-38-40)50-13-17-11-39(37-34-17)18-7-8-22(19(9-18)27(31)32)48-30(28(46)47)10-20(43)23(33-16(3)42)26(49-30)25(45)21(44)12-41/h4-9,11,20-21,23,25-27,41,43-45H,10,12-13H2,1-3H3,(H,33,42)(H,46,47)/t20-,21+,23+,25+,26+,30+/m0/s1. The Morgan fingerprint density at radius 3 is 2.52 bits per heavy atom. The van der Waals surface area contributed by atoms with E-state index in [1.54, 1.807) is 4.68 Å². The fourth-order valence-corrected chi connectivity index (χ4v) is 6.28. The number of hydrogen-bond acceptors (Lipinski definition) is 14. The van der Waals surface area contributed by atoms with Gasteiger partial charge in [-0.05, 0) is 53.6 Å². The number of ether oxygens (including phenoxy) is 2. The van der Waals surface area contributed by atoms with Crippen molar-refractivity contribution in [2.45, 2.75) is 80.8 Å². The molecule has 6 N–H and O–H groups in total. The van der Waals surface area contributed by atoms with Crippen LogP contribution in [0.3, 0.4) is 0 Å². The number of hydrogen-bond donors (Lipinski definition) is 6. The largest absolute Gasteiger partial charge is 0.476 e. The lowest BCUT2D eigenvalue weighted by atomic mass is 9.88. The van der Waals surface area contributed by atoms with Gasteiger partial charge in [-0.1, -0.05) is 35.2 Å². The number of aliphatic hydroxyl groups excluding tert-OH is 4. The number of nitrogens with zero attached hydrogens (tertiary/aromatic N) is 7. The molecule has 1 fully saturated rings. The number of para-hydroxylation sites is 1. The maximum atomic E-state index is 14.4. The van der Waals surface area contributed by atoms with Crippen molar-refractivity contribution in [3.05, 3.63) is 65.0 Å². The Bertz CT molecular complexity index is 1820. The number of carboxylic acids is 1. The molecule has 6 atom stereocenters. The molecule has 17 nitrogen and oxygen atoms in total. The quantitative estimate of drug-likeness (QED) is 0.104. The van der Waals surface area contributed by atoms with Crippen molar-refractivity contribution in [1.82, 2.24) is 40.5 Å². The molecule has 0 radical (unpaired) electrons. The summed E-state index contributed by atoms with van der Waals surface area (Å²) in [5.41, 5.74) is 2.60. The van der Waals surface area contributed by atoms with Crippen LogP contribution in [0.5, 0.6) is 5.75 Å². The summed E-state index contributed by atoms with van der Waals surface area (Å²) in [7, 11) is 0. The molecule has 1 aliphatic heterocycles. The van der Waals surface area contributed by atoms with Crippen LogP contribution < -0.4 is 10.1 Å². The number of alkyl halides is 2. The first kappa shape index (κ1) is 36.7. The number of nitrogens with one attached hydrogen (secondary N) is 1. The first-order valence-corrected chi connectivity index (χ1v) is 16.1. The van der Waals surface area contributed by atoms with Gasteiger partial charge < -0.3 is 40.3 Å². The number of tetrazole rings is 1. The highest BCUT2D eigenvalue weighted by Crippen LogP contribution is 2.39. The van der Waals surface area contributed by atoms with Crippen LogP contribution in [0.1, 0.15) is 42.2 Å². The molecule has 0 saturated carbocycles. The first-order chi connectivity index (χ1) is 23.7. The minimum atomic E-state index is -3.20. The van der Waals surface area contributed by atoms with Crippen LogP contribution in [-0.2, 0) is 20.1 Å². The average Bonchev–Trinajstić information content (AvgIpc) is 3.74. The summed E-state index contributed by atoms with van der Waals surface area (Å²) in [6.07, 6.45) is -10.1. The monoisotopic (exact) mass is 720 g/mol. The Balaban J connectivity index is 1.38. The van der Waals surface area contributed by atoms with Crippen molar-refractivity contribution in [3.8, 4) is 17.1 Å². The number of aliphatic carboxylic acids is 1. The van der Waals surface area contributed by atoms with Gasteiger partial charge in [0.1, 0.15) is 24.1 Å². The van der Waals surface area contributed by atoms with Gasteiger partial charge in [0.15, 0.2) is 0 Å². The molecule has 4 aromatic rings. The van der Waals surface area contributed by atoms with Crippen LogP contribution >= 0.6 is 11.8 Å². The second-order valence-electron chi connectivity index (χ2n) is 11.6. The van der Waals surface area contributed by atoms with E-state index < -0.39 is 78.9 Å². The molecule has 2 aromatic carbocycles. The molecular formula is C30H34F2N8O9S. The van der Waals surface area contributed by atoms with E-state index in [0.29, 0.717) is 10.9 Å². The minimum absolute atomic E-state index is 0.121. The van der Waals surface area contributed by atoms with Gasteiger partial charge >= 0.3 is 11.8 Å². The van der Waals surface area contributed by atoms with Crippen LogP contribution in [0.4, 0.5) is 8.78 Å². The molecule has 1 aliphatic rings. The van der Waals surface area contributed by atoms with Gasteiger partial charge in [0, 0.05) is 12.7 Å². The molecule has 50 heavy (non-hydrogen) atoms. The van der Waals surface area contributed by atoms with Gasteiger partial charge in [-0.2, -0.15) is 4.68 Å². The van der Waals surface area contributed by atoms with E-state index in [-0.39, 0.29) is 11.4 Å². The third kappa shape index (κ3) is 7.59. The highest BCUT2D eigenvalue weighted by Gasteiger charge is 2.57. The Morgan fingerprint density at radius 1 is 1.16 bits per heavy atom. The fourth-order valence-electron chi connectivity index (χ4n) is 5.53. The fraction of sp³-hybridized carbons (Fsp3) is 0.433. The Morgan fingerprint density at radius 2 is 1.88 bits per heavy atom. The Labute approximate surface area is 286 Å². The lowest BCUT2D eigenvalue weighted by Crippen LogP contribution is -2.68. The van der Waals surface area contributed by atoms with Crippen molar-refractivity contribution in [3.63, 3.8) is 0 Å². The van der Waals surface area contributed by atoms with Crippen LogP contribution in [-0.4, -0.2) is 115 Å². The molecule has 0 spiro atoms. The zero-order valence-corrected chi connectivity index (χ0v) is 27.6. The molecular weight excluding hydrogens is 686 g/mol. The maximum absolute atomic E-state index is 14.4. The molecule has 268 valence electrons. The van der Waals surface area contributed by atoms with E-state index in [1.807, 2.05) is 32.0 Å². The Kier molecular flexibility index (Phi) is 11.1. The number of halogens is 2. The van der Waals surface area contributed by atoms with Gasteiger partial charge in [0.05, 0.1) is 54.0 Å². The number of thioether (sulfide) groups is 1. The molecule has 3 heterocycles. The van der Waals surface area contributed by atoms with Crippen LogP contribution in [0.25, 0.3) is 11.4 Å². The maximum Gasteiger partial charge on any atom is 0.377 e. The summed E-state index contributed by atoms with van der Waals surface area (Å²) in [4.78, 5) is 24.3. The van der Waals surface area contributed by atoms with Gasteiger partial charge in [-0.15, -0.1) is 10.2 Å². The topological polar surface area (TPSA) is 240 Å². The Hall–Kier alpha value is -4.60. The molecule has 0 bridgehead atoms. The number of aliphatic hydroxyl groups is 4. The zero-order valence-electron chi connectivity index (χ0n) is 26.8. The van der Waals surface area contributed by atoms with E-state index in [0.717, 1.165) is 35.9 Å². The second-order valence-corrected chi connectivity index (χ2v) is 12.5. The van der Waals surface area contributed by atoms with E-state index in [1.165, 1.54) is 28.7 Å². The van der Waals surface area contributed by atoms with Gasteiger partial charge in [-0.25, -0.2) is 18.3 Å². The normalized spacial score (nSPS) is 21.9. The highest BCUT2D eigenvalue weighted by atomic mass is 32.2. The second kappa shape index (κ2) is 15.1. The van der Waals surface area contributed by atoms with E-state index >= 15 is 0 Å². The zero-order chi connectivity index (χ0) is 36.3. The predicted molar refractivity (Wildman–Crippen MR) is 168 cm³/mol. The average molecular weight is 721 g/mol. The van der Waals surface area contributed by atoms with E-state index in [9.17, 15) is 43.9 Å². The van der Waals surface area contributed by atoms with Gasteiger partial charge in [0.2, 0.25) is 11.1 Å². The molecule has 0 unspecified atom stereocenters. The van der Waals surface area contributed by atoms with Crippen molar-refractivity contribution in [1.29, 1.82) is 0 Å². The number of rotatable bonds is 13. The lowest BCUT2D eigenvalue weighted by Gasteiger charge is -2.46. The predicted octanol–water partition coefficient (Wildman–Crippen LogP) is 0.618. The number of aryl methyl sites for hydroxylation is 2. The molecule has 20 heteroatoms. The van der Waals surface area contributed by atoms with Crippen molar-refractivity contribution < 1.29 is 53.4 Å². The van der Waals surface area contributed by atoms with Crippen LogP contribution in [0.15, 0.2) is 47.8 Å². The molecule has 0 aliphatic carbocycles. The summed E-state index contributed by atoms with van der Waals surface area (Å²) in [6, 6.07) is 7.72. The van der Waals surface area contributed by atoms with Crippen molar-refractivity contribution in [2.24, 2.45) is 0 Å². The number of carbonyl (C=O) groups is 2. The number of carboxylic acid groups (broad SMARTS) is 1. The van der Waals surface area contributed by atoms with E-state index in [4.69, 9.17) is 9.47 Å². The third-order valence-electron chi connectivity index (χ3n) is 7.94. The number of carbonyl (C=O) groups excluding carboxylic acids is 1. The molecule has 5 rings (SSSR count). The third-order valence-corrected chi connectivity index (χ3v) is 8.89. The molecule has 2 aromatic heterocycles. The summed E-state index contributed by atoms with van der Waals surface area (Å²) >= 11 is 1.28. The summed E-state index contributed by atoms with van der Waals surface area (Å²) in [5, 5.41) is 74.0. The minimum Gasteiger partial charge on any atom is -0.476 e. The SMILES string of the molecule is CC(=O)N[C@H]1[C@H]([C@H](O)[C@H](O)CO)O[C@@](Oc2ccc(-n3cc(CSc4nnnn4-c4c(C)cccc4C)nn3)cc2C(F)F)(C(=O)O)C[C@@H]1O. The van der Waals surface area contributed by atoms with E-state index in [2.05, 4.69) is 31.2 Å². The van der Waals surface area contributed by atoms with Crippen molar-refractivity contribution >= 4 is 23.6 Å². The summed E-state index contributed by atoms with van der Waals surface area (Å²) < 4.78 is 42.8. The highest BCUT2D eigenvalue weighted by molar-refractivity contribution is 7.98. The molecule has 1 amide bonds. The molecule has 1 saturated heterocycles. The van der Waals surface area contributed by atoms with Crippen LogP contribution in [0, 0.1) is 13.8 Å². The number of aromatic nitrogens is 7. The smallest absolute Gasteiger partial charge is 0.377 e. The first-order valence-electron chi connectivity index (χ1n) is 15.1. The summed E-state index contributed by atoms with van der Waals surface area (Å²) in [6.45, 7) is 3.97. The summed E-state index contributed by atoms with van der Waals surface area (Å²) in [5.74, 6) is -5.79. The lowest BCUT2D eigenvalue weighted by molar-refractivity contribution is -0.284. The van der Waals surface area contributed by atoms with Crippen molar-refractivity contribution in [2.75, 3.05) is 6.61 Å². The number of amides is 1. The van der Waals surface area contributed by atoms with Crippen LogP contribution in [0.2, 0.25) is 0 Å². The van der Waals surface area contributed by atoms with Gasteiger partial charge in [-0.3, -0.25) is 4.79 Å².